The van der Waals surface area contributed by atoms with Crippen molar-refractivity contribution in [3.8, 4) is 0 Å². The first kappa shape index (κ1) is 12.0. The highest BCUT2D eigenvalue weighted by atomic mass is 16.3. The van der Waals surface area contributed by atoms with Crippen molar-refractivity contribution in [2.75, 3.05) is 13.1 Å². The van der Waals surface area contributed by atoms with E-state index < -0.39 is 0 Å². The van der Waals surface area contributed by atoms with E-state index in [9.17, 15) is 5.11 Å². The Morgan fingerprint density at radius 1 is 1.40 bits per heavy atom. The minimum absolute atomic E-state index is 0.372. The van der Waals surface area contributed by atoms with Gasteiger partial charge in [0.05, 0.1) is 6.10 Å². The van der Waals surface area contributed by atoms with E-state index in [1.165, 1.54) is 5.56 Å². The molecule has 0 bridgehead atoms. The van der Waals surface area contributed by atoms with Crippen LogP contribution >= 0.6 is 0 Å². The molecule has 0 spiro atoms. The number of aryl methyl sites for hydroxylation is 1. The fraction of sp³-hybridized carbons (Fsp3) is 0.385. The van der Waals surface area contributed by atoms with Crippen molar-refractivity contribution in [1.82, 2.24) is 5.32 Å². The highest BCUT2D eigenvalue weighted by molar-refractivity contribution is 5.22. The molecule has 82 valence electrons. The van der Waals surface area contributed by atoms with Crippen LogP contribution in [0.15, 0.2) is 36.9 Å². The Balaban J connectivity index is 2.36. The van der Waals surface area contributed by atoms with Crippen LogP contribution in [-0.4, -0.2) is 18.2 Å². The van der Waals surface area contributed by atoms with E-state index in [4.69, 9.17) is 0 Å². The number of benzene rings is 1. The van der Waals surface area contributed by atoms with E-state index in [1.807, 2.05) is 37.3 Å². The molecule has 0 amide bonds. The molecule has 0 aliphatic carbocycles. The standard InChI is InChI=1S/C13H19NO/c1-3-9-14-10-8-13(15)12-6-4-11(2)5-7-12/h3-7,13-15H,1,8-10H2,2H3. The molecule has 0 saturated carbocycles. The third-order valence-electron chi connectivity index (χ3n) is 2.35. The van der Waals surface area contributed by atoms with E-state index in [2.05, 4.69) is 11.9 Å². The van der Waals surface area contributed by atoms with E-state index in [0.717, 1.165) is 25.1 Å². The highest BCUT2D eigenvalue weighted by Gasteiger charge is 2.05. The Morgan fingerprint density at radius 3 is 2.67 bits per heavy atom. The van der Waals surface area contributed by atoms with Gasteiger partial charge in [0.25, 0.3) is 0 Å². The van der Waals surface area contributed by atoms with Gasteiger partial charge in [-0.05, 0) is 25.5 Å². The number of rotatable bonds is 6. The number of hydrogen-bond donors (Lipinski definition) is 2. The molecular weight excluding hydrogens is 186 g/mol. The van der Waals surface area contributed by atoms with Crippen LogP contribution in [0, 0.1) is 6.92 Å². The van der Waals surface area contributed by atoms with Crippen molar-refractivity contribution in [1.29, 1.82) is 0 Å². The molecule has 0 aromatic heterocycles. The Kier molecular flexibility index (Phi) is 5.08. The molecule has 0 saturated heterocycles. The van der Waals surface area contributed by atoms with Gasteiger partial charge in [-0.25, -0.2) is 0 Å². The molecular formula is C13H19NO. The SMILES string of the molecule is C=CCNCCC(O)c1ccc(C)cc1. The lowest BCUT2D eigenvalue weighted by atomic mass is 10.1. The maximum Gasteiger partial charge on any atom is 0.0802 e. The Labute approximate surface area is 91.6 Å². The quantitative estimate of drug-likeness (QED) is 0.551. The maximum absolute atomic E-state index is 9.84. The lowest BCUT2D eigenvalue weighted by molar-refractivity contribution is 0.167. The summed E-state index contributed by atoms with van der Waals surface area (Å²) in [7, 11) is 0. The van der Waals surface area contributed by atoms with Crippen molar-refractivity contribution in [2.24, 2.45) is 0 Å². The van der Waals surface area contributed by atoms with Crippen LogP contribution in [0.25, 0.3) is 0 Å². The second-order valence-electron chi connectivity index (χ2n) is 3.71. The van der Waals surface area contributed by atoms with Crippen molar-refractivity contribution < 1.29 is 5.11 Å². The van der Waals surface area contributed by atoms with Crippen molar-refractivity contribution in [2.45, 2.75) is 19.4 Å². The van der Waals surface area contributed by atoms with Gasteiger partial charge in [0.15, 0.2) is 0 Å². The summed E-state index contributed by atoms with van der Waals surface area (Å²) in [6.07, 6.45) is 2.18. The van der Waals surface area contributed by atoms with Gasteiger partial charge >= 0.3 is 0 Å². The van der Waals surface area contributed by atoms with Gasteiger partial charge in [-0.15, -0.1) is 6.58 Å². The second kappa shape index (κ2) is 6.38. The molecule has 1 aromatic rings. The molecule has 0 heterocycles. The topological polar surface area (TPSA) is 32.3 Å². The van der Waals surface area contributed by atoms with Gasteiger partial charge in [0.1, 0.15) is 0 Å². The molecule has 2 heteroatoms. The second-order valence-corrected chi connectivity index (χ2v) is 3.71. The van der Waals surface area contributed by atoms with Crippen LogP contribution < -0.4 is 5.32 Å². The predicted octanol–water partition coefficient (Wildman–Crippen LogP) is 2.19. The molecule has 15 heavy (non-hydrogen) atoms. The Bertz CT molecular complexity index is 292. The average Bonchev–Trinajstić information content (AvgIpc) is 2.25. The fourth-order valence-electron chi connectivity index (χ4n) is 1.40. The normalized spacial score (nSPS) is 12.4. The lowest BCUT2D eigenvalue weighted by Gasteiger charge is -2.11. The summed E-state index contributed by atoms with van der Waals surface area (Å²) in [5, 5.41) is 13.0. The van der Waals surface area contributed by atoms with Gasteiger partial charge in [-0.1, -0.05) is 35.9 Å². The summed E-state index contributed by atoms with van der Waals surface area (Å²) >= 11 is 0. The van der Waals surface area contributed by atoms with Crippen molar-refractivity contribution in [3.05, 3.63) is 48.0 Å². The zero-order valence-corrected chi connectivity index (χ0v) is 9.24. The summed E-state index contributed by atoms with van der Waals surface area (Å²) in [4.78, 5) is 0. The van der Waals surface area contributed by atoms with Gasteiger partial charge in [-0.3, -0.25) is 0 Å². The highest BCUT2D eigenvalue weighted by Crippen LogP contribution is 2.16. The first-order valence-corrected chi connectivity index (χ1v) is 5.30. The molecule has 1 aromatic carbocycles. The predicted molar refractivity (Wildman–Crippen MR) is 63.8 cm³/mol. The van der Waals surface area contributed by atoms with Crippen molar-refractivity contribution in [3.63, 3.8) is 0 Å². The zero-order valence-electron chi connectivity index (χ0n) is 9.24. The number of hydrogen-bond acceptors (Lipinski definition) is 2. The molecule has 2 nitrogen and oxygen atoms in total. The number of aliphatic hydroxyl groups is 1. The molecule has 2 N–H and O–H groups in total. The van der Waals surface area contributed by atoms with E-state index in [0.29, 0.717) is 0 Å². The molecule has 1 rings (SSSR count). The fourth-order valence-corrected chi connectivity index (χ4v) is 1.40. The Hall–Kier alpha value is -1.12. The van der Waals surface area contributed by atoms with Gasteiger partial charge in [-0.2, -0.15) is 0 Å². The van der Waals surface area contributed by atoms with Crippen LogP contribution in [-0.2, 0) is 0 Å². The van der Waals surface area contributed by atoms with Crippen LogP contribution in [0.1, 0.15) is 23.7 Å². The van der Waals surface area contributed by atoms with Crippen LogP contribution in [0.2, 0.25) is 0 Å². The molecule has 0 fully saturated rings. The lowest BCUT2D eigenvalue weighted by Crippen LogP contribution is -2.17. The van der Waals surface area contributed by atoms with E-state index in [1.54, 1.807) is 0 Å². The Morgan fingerprint density at radius 2 is 2.07 bits per heavy atom. The summed E-state index contributed by atoms with van der Waals surface area (Å²) < 4.78 is 0. The summed E-state index contributed by atoms with van der Waals surface area (Å²) in [6, 6.07) is 8.01. The molecule has 0 radical (unpaired) electrons. The largest absolute Gasteiger partial charge is 0.388 e. The van der Waals surface area contributed by atoms with E-state index in [-0.39, 0.29) is 6.10 Å². The molecule has 0 aliphatic heterocycles. The minimum Gasteiger partial charge on any atom is -0.388 e. The monoisotopic (exact) mass is 205 g/mol. The van der Waals surface area contributed by atoms with Gasteiger partial charge in [0, 0.05) is 6.54 Å². The van der Waals surface area contributed by atoms with Crippen LogP contribution in [0.4, 0.5) is 0 Å². The molecule has 1 unspecified atom stereocenters. The number of nitrogens with one attached hydrogen (secondary N) is 1. The molecule has 0 aliphatic rings. The van der Waals surface area contributed by atoms with Crippen molar-refractivity contribution >= 4 is 0 Å². The first-order valence-electron chi connectivity index (χ1n) is 5.30. The average molecular weight is 205 g/mol. The number of aliphatic hydroxyl groups excluding tert-OH is 1. The minimum atomic E-state index is -0.372. The third-order valence-corrected chi connectivity index (χ3v) is 2.35. The van der Waals surface area contributed by atoms with Gasteiger partial charge in [0.2, 0.25) is 0 Å². The maximum atomic E-state index is 9.84. The summed E-state index contributed by atoms with van der Waals surface area (Å²) in [6.45, 7) is 7.26. The smallest absolute Gasteiger partial charge is 0.0802 e. The summed E-state index contributed by atoms with van der Waals surface area (Å²) in [5.41, 5.74) is 2.21. The van der Waals surface area contributed by atoms with Crippen LogP contribution in [0.3, 0.4) is 0 Å². The van der Waals surface area contributed by atoms with Gasteiger partial charge < -0.3 is 10.4 Å². The third kappa shape index (κ3) is 4.28. The first-order chi connectivity index (χ1) is 7.24. The zero-order chi connectivity index (χ0) is 11.1. The van der Waals surface area contributed by atoms with Crippen LogP contribution in [0.5, 0.6) is 0 Å². The summed E-state index contributed by atoms with van der Waals surface area (Å²) in [5.74, 6) is 0. The van der Waals surface area contributed by atoms with E-state index >= 15 is 0 Å². The molecule has 1 atom stereocenters.